The second-order valence-electron chi connectivity index (χ2n) is 1.22. The molecular weight excluding hydrogens is 88.1 g/mol. The number of rotatable bonds is 2. The van der Waals surface area contributed by atoms with Crippen molar-refractivity contribution in [3.63, 3.8) is 0 Å². The lowest BCUT2D eigenvalue weighted by Gasteiger charge is -1.92. The molecule has 0 atom stereocenters. The predicted octanol–water partition coefficient (Wildman–Crippen LogP) is 1.72. The Labute approximate surface area is 44.3 Å². The van der Waals surface area contributed by atoms with Gasteiger partial charge in [-0.15, -0.1) is 0 Å². The third-order valence-corrected chi connectivity index (χ3v) is 0.675. The molecule has 0 radical (unpaired) electrons. The molecule has 1 nitrogen and oxygen atoms in total. The Bertz CT molecular complexity index is 82.2. The van der Waals surface area contributed by atoms with E-state index in [9.17, 15) is 0 Å². The largest absolute Gasteiger partial charge is 0.501 e. The summed E-state index contributed by atoms with van der Waals surface area (Å²) in [5.74, 6) is 0.884. The van der Waals surface area contributed by atoms with Crippen LogP contribution in [-0.4, -0.2) is 7.11 Å². The molecule has 0 aromatic carbocycles. The first-order valence-corrected chi connectivity index (χ1v) is 2.14. The summed E-state index contributed by atoms with van der Waals surface area (Å²) >= 11 is 0. The van der Waals surface area contributed by atoms with Crippen molar-refractivity contribution in [3.05, 3.63) is 24.5 Å². The van der Waals surface area contributed by atoms with E-state index in [2.05, 4.69) is 6.58 Å². The Hall–Kier alpha value is -0.720. The van der Waals surface area contributed by atoms with Crippen LogP contribution in [0.4, 0.5) is 0 Å². The van der Waals surface area contributed by atoms with Crippen LogP contribution in [0.1, 0.15) is 6.92 Å². The number of ether oxygens (including phenoxy) is 1. The highest BCUT2D eigenvalue weighted by atomic mass is 16.5. The van der Waals surface area contributed by atoms with Crippen LogP contribution in [-0.2, 0) is 4.74 Å². The van der Waals surface area contributed by atoms with Gasteiger partial charge >= 0.3 is 0 Å². The SMILES string of the molecule is C=C/C=C(\C)OC. The highest BCUT2D eigenvalue weighted by Gasteiger charge is 1.74. The molecular formula is C6H10O. The van der Waals surface area contributed by atoms with E-state index < -0.39 is 0 Å². The molecule has 0 saturated carbocycles. The van der Waals surface area contributed by atoms with Crippen molar-refractivity contribution < 1.29 is 4.74 Å². The van der Waals surface area contributed by atoms with Crippen LogP contribution in [0.2, 0.25) is 0 Å². The summed E-state index contributed by atoms with van der Waals surface area (Å²) in [5, 5.41) is 0. The van der Waals surface area contributed by atoms with Gasteiger partial charge in [-0.1, -0.05) is 12.7 Å². The normalized spacial score (nSPS) is 10.9. The minimum Gasteiger partial charge on any atom is -0.501 e. The van der Waals surface area contributed by atoms with Crippen LogP contribution in [0.15, 0.2) is 24.5 Å². The fraction of sp³-hybridized carbons (Fsp3) is 0.333. The first-order valence-electron chi connectivity index (χ1n) is 2.14. The molecule has 0 aromatic rings. The fourth-order valence-corrected chi connectivity index (χ4v) is 0.234. The molecule has 0 unspecified atom stereocenters. The van der Waals surface area contributed by atoms with E-state index >= 15 is 0 Å². The molecule has 0 aromatic heterocycles. The van der Waals surface area contributed by atoms with E-state index in [1.54, 1.807) is 19.3 Å². The quantitative estimate of drug-likeness (QED) is 0.377. The zero-order valence-electron chi connectivity index (χ0n) is 4.77. The predicted molar refractivity (Wildman–Crippen MR) is 31.0 cm³/mol. The molecule has 7 heavy (non-hydrogen) atoms. The van der Waals surface area contributed by atoms with E-state index in [-0.39, 0.29) is 0 Å². The summed E-state index contributed by atoms with van der Waals surface area (Å²) < 4.78 is 4.78. The summed E-state index contributed by atoms with van der Waals surface area (Å²) in [5.41, 5.74) is 0. The zero-order chi connectivity index (χ0) is 5.70. The molecule has 0 fully saturated rings. The second-order valence-corrected chi connectivity index (χ2v) is 1.22. The van der Waals surface area contributed by atoms with Gasteiger partial charge in [0.2, 0.25) is 0 Å². The van der Waals surface area contributed by atoms with Crippen molar-refractivity contribution >= 4 is 0 Å². The number of allylic oxidation sites excluding steroid dienone is 3. The summed E-state index contributed by atoms with van der Waals surface area (Å²) in [4.78, 5) is 0. The molecule has 0 bridgehead atoms. The second kappa shape index (κ2) is 3.47. The fourth-order valence-electron chi connectivity index (χ4n) is 0.234. The van der Waals surface area contributed by atoms with Crippen LogP contribution < -0.4 is 0 Å². The average Bonchev–Trinajstić information content (AvgIpc) is 1.68. The number of hydrogen-bond donors (Lipinski definition) is 0. The molecule has 0 N–H and O–H groups in total. The molecule has 0 spiro atoms. The minimum atomic E-state index is 0.884. The Morgan fingerprint density at radius 3 is 2.43 bits per heavy atom. The molecule has 0 saturated heterocycles. The average molecular weight is 98.1 g/mol. The van der Waals surface area contributed by atoms with Crippen LogP contribution in [0.5, 0.6) is 0 Å². The standard InChI is InChI=1S/C6H10O/c1-4-5-6(2)7-3/h4-5H,1H2,2-3H3/b6-5+. The van der Waals surface area contributed by atoms with Crippen molar-refractivity contribution in [3.8, 4) is 0 Å². The summed E-state index contributed by atoms with van der Waals surface area (Å²) in [6, 6.07) is 0. The van der Waals surface area contributed by atoms with Crippen molar-refractivity contribution in [1.29, 1.82) is 0 Å². The van der Waals surface area contributed by atoms with Gasteiger partial charge in [-0.25, -0.2) is 0 Å². The smallest absolute Gasteiger partial charge is 0.0924 e. The van der Waals surface area contributed by atoms with Crippen LogP contribution in [0.3, 0.4) is 0 Å². The van der Waals surface area contributed by atoms with Crippen molar-refractivity contribution in [2.75, 3.05) is 7.11 Å². The number of hydrogen-bond acceptors (Lipinski definition) is 1. The molecule has 0 amide bonds. The molecule has 0 rings (SSSR count). The highest BCUT2D eigenvalue weighted by Crippen LogP contribution is 1.89. The summed E-state index contributed by atoms with van der Waals surface area (Å²) in [6.07, 6.45) is 3.50. The lowest BCUT2D eigenvalue weighted by Crippen LogP contribution is -1.74. The molecule has 0 aliphatic carbocycles. The third kappa shape index (κ3) is 3.10. The lowest BCUT2D eigenvalue weighted by molar-refractivity contribution is 0.294. The van der Waals surface area contributed by atoms with E-state index in [4.69, 9.17) is 4.74 Å². The molecule has 0 heterocycles. The van der Waals surface area contributed by atoms with E-state index in [1.807, 2.05) is 6.92 Å². The molecule has 0 aliphatic heterocycles. The van der Waals surface area contributed by atoms with Crippen molar-refractivity contribution in [2.24, 2.45) is 0 Å². The van der Waals surface area contributed by atoms with Crippen molar-refractivity contribution in [1.82, 2.24) is 0 Å². The van der Waals surface area contributed by atoms with Crippen LogP contribution >= 0.6 is 0 Å². The van der Waals surface area contributed by atoms with Crippen LogP contribution in [0, 0.1) is 0 Å². The Balaban J connectivity index is 3.49. The van der Waals surface area contributed by atoms with Gasteiger partial charge in [0.15, 0.2) is 0 Å². The van der Waals surface area contributed by atoms with Gasteiger partial charge < -0.3 is 4.74 Å². The first kappa shape index (κ1) is 6.28. The topological polar surface area (TPSA) is 9.23 Å². The maximum atomic E-state index is 4.78. The van der Waals surface area contributed by atoms with Crippen LogP contribution in [0.25, 0.3) is 0 Å². The van der Waals surface area contributed by atoms with Gasteiger partial charge in [0.05, 0.1) is 12.9 Å². The van der Waals surface area contributed by atoms with Gasteiger partial charge in [-0.3, -0.25) is 0 Å². The third-order valence-electron chi connectivity index (χ3n) is 0.675. The molecule has 40 valence electrons. The maximum absolute atomic E-state index is 4.78. The zero-order valence-corrected chi connectivity index (χ0v) is 4.77. The van der Waals surface area contributed by atoms with E-state index in [0.29, 0.717) is 0 Å². The monoisotopic (exact) mass is 98.1 g/mol. The molecule has 1 heteroatoms. The van der Waals surface area contributed by atoms with Gasteiger partial charge in [-0.2, -0.15) is 0 Å². The minimum absolute atomic E-state index is 0.884. The maximum Gasteiger partial charge on any atom is 0.0924 e. The number of methoxy groups -OCH3 is 1. The van der Waals surface area contributed by atoms with Gasteiger partial charge in [0.1, 0.15) is 0 Å². The lowest BCUT2D eigenvalue weighted by atomic mass is 10.5. The molecule has 0 aliphatic rings. The van der Waals surface area contributed by atoms with E-state index in [0.717, 1.165) is 5.76 Å². The Kier molecular flexibility index (Phi) is 3.11. The van der Waals surface area contributed by atoms with E-state index in [1.165, 1.54) is 0 Å². The Morgan fingerprint density at radius 1 is 1.71 bits per heavy atom. The van der Waals surface area contributed by atoms with Gasteiger partial charge in [0.25, 0.3) is 0 Å². The van der Waals surface area contributed by atoms with Crippen molar-refractivity contribution in [2.45, 2.75) is 6.92 Å². The van der Waals surface area contributed by atoms with Gasteiger partial charge in [-0.05, 0) is 13.0 Å². The highest BCUT2D eigenvalue weighted by molar-refractivity contribution is 5.01. The summed E-state index contributed by atoms with van der Waals surface area (Å²) in [7, 11) is 1.63. The van der Waals surface area contributed by atoms with Gasteiger partial charge in [0, 0.05) is 0 Å². The Morgan fingerprint density at radius 2 is 2.29 bits per heavy atom. The first-order chi connectivity index (χ1) is 3.31. The summed E-state index contributed by atoms with van der Waals surface area (Å²) in [6.45, 7) is 5.37.